The molecule has 1 heterocycles. The highest BCUT2D eigenvalue weighted by Crippen LogP contribution is 2.30. The van der Waals surface area contributed by atoms with Gasteiger partial charge in [-0.25, -0.2) is 9.97 Å². The molecule has 0 bridgehead atoms. The average Bonchev–Trinajstić information content (AvgIpc) is 2.94. The van der Waals surface area contributed by atoms with Gasteiger partial charge < -0.3 is 5.32 Å². The molecule has 4 heteroatoms. The van der Waals surface area contributed by atoms with E-state index in [9.17, 15) is 0 Å². The van der Waals surface area contributed by atoms with Crippen LogP contribution in [0.25, 0.3) is 0 Å². The topological polar surface area (TPSA) is 37.8 Å². The maximum Gasteiger partial charge on any atom is 0.188 e. The molecule has 0 radical (unpaired) electrons. The van der Waals surface area contributed by atoms with E-state index in [-0.39, 0.29) is 0 Å². The van der Waals surface area contributed by atoms with Gasteiger partial charge in [0.05, 0.1) is 0 Å². The highest BCUT2D eigenvalue weighted by Gasteiger charge is 2.24. The Bertz CT molecular complexity index is 418. The maximum absolute atomic E-state index is 4.62. The molecular formula is C16H27N3S. The second-order valence-corrected chi connectivity index (χ2v) is 6.81. The average molecular weight is 293 g/mol. The van der Waals surface area contributed by atoms with Gasteiger partial charge in [0.1, 0.15) is 0 Å². The Balaban J connectivity index is 1.98. The minimum atomic E-state index is 0.609. The molecule has 1 aliphatic rings. The molecule has 1 aromatic heterocycles. The lowest BCUT2D eigenvalue weighted by molar-refractivity contribution is 0.394. The Morgan fingerprint density at radius 1 is 1.15 bits per heavy atom. The molecule has 1 saturated carbocycles. The minimum absolute atomic E-state index is 0.609. The lowest BCUT2D eigenvalue weighted by atomic mass is 10.00. The van der Waals surface area contributed by atoms with Gasteiger partial charge in [-0.1, -0.05) is 31.5 Å². The predicted molar refractivity (Wildman–Crippen MR) is 86.4 cm³/mol. The number of hydrogen-bond acceptors (Lipinski definition) is 4. The summed E-state index contributed by atoms with van der Waals surface area (Å²) in [5, 5.41) is 4.60. The first-order chi connectivity index (χ1) is 9.61. The largest absolute Gasteiger partial charge is 0.313 e. The first-order valence-electron chi connectivity index (χ1n) is 7.79. The SMILES string of the molecule is CCNC(CSc1nc(C)c(C)c(C)n1)C1CCCC1. The summed E-state index contributed by atoms with van der Waals surface area (Å²) in [5.41, 5.74) is 3.44. The second-order valence-electron chi connectivity index (χ2n) is 5.82. The van der Waals surface area contributed by atoms with E-state index in [0.29, 0.717) is 6.04 Å². The van der Waals surface area contributed by atoms with Crippen LogP contribution >= 0.6 is 11.8 Å². The number of nitrogens with one attached hydrogen (secondary N) is 1. The molecular weight excluding hydrogens is 266 g/mol. The van der Waals surface area contributed by atoms with Gasteiger partial charge in [0, 0.05) is 23.2 Å². The van der Waals surface area contributed by atoms with Gasteiger partial charge >= 0.3 is 0 Å². The monoisotopic (exact) mass is 293 g/mol. The van der Waals surface area contributed by atoms with Crippen molar-refractivity contribution in [3.05, 3.63) is 17.0 Å². The van der Waals surface area contributed by atoms with Crippen molar-refractivity contribution < 1.29 is 0 Å². The first-order valence-corrected chi connectivity index (χ1v) is 8.78. The van der Waals surface area contributed by atoms with E-state index in [1.165, 1.54) is 31.2 Å². The van der Waals surface area contributed by atoms with Crippen molar-refractivity contribution in [3.63, 3.8) is 0 Å². The molecule has 0 saturated heterocycles. The summed E-state index contributed by atoms with van der Waals surface area (Å²) in [7, 11) is 0. The number of hydrogen-bond donors (Lipinski definition) is 1. The number of thioether (sulfide) groups is 1. The van der Waals surface area contributed by atoms with Crippen LogP contribution in [0.1, 0.15) is 49.6 Å². The molecule has 20 heavy (non-hydrogen) atoms. The van der Waals surface area contributed by atoms with E-state index in [1.807, 2.05) is 11.8 Å². The Hall–Kier alpha value is -0.610. The number of rotatable bonds is 6. The number of aromatic nitrogens is 2. The fraction of sp³-hybridized carbons (Fsp3) is 0.750. The predicted octanol–water partition coefficient (Wildman–Crippen LogP) is 3.66. The van der Waals surface area contributed by atoms with Crippen LogP contribution in [-0.2, 0) is 0 Å². The van der Waals surface area contributed by atoms with Crippen molar-refractivity contribution in [2.45, 2.75) is 64.6 Å². The number of aryl methyl sites for hydroxylation is 2. The van der Waals surface area contributed by atoms with Crippen LogP contribution < -0.4 is 5.32 Å². The molecule has 1 unspecified atom stereocenters. The lowest BCUT2D eigenvalue weighted by Crippen LogP contribution is -2.37. The third-order valence-corrected chi connectivity index (χ3v) is 5.41. The van der Waals surface area contributed by atoms with Crippen LogP contribution in [-0.4, -0.2) is 28.3 Å². The standard InChI is InChI=1S/C16H27N3S/c1-5-17-15(14-8-6-7-9-14)10-20-16-18-12(3)11(2)13(4)19-16/h14-15,17H,5-10H2,1-4H3. The van der Waals surface area contributed by atoms with E-state index < -0.39 is 0 Å². The summed E-state index contributed by atoms with van der Waals surface area (Å²) < 4.78 is 0. The summed E-state index contributed by atoms with van der Waals surface area (Å²) in [4.78, 5) is 9.23. The third kappa shape index (κ3) is 3.95. The molecule has 0 amide bonds. The number of nitrogens with zero attached hydrogens (tertiary/aromatic N) is 2. The lowest BCUT2D eigenvalue weighted by Gasteiger charge is -2.23. The van der Waals surface area contributed by atoms with Crippen molar-refractivity contribution in [1.82, 2.24) is 15.3 Å². The molecule has 1 aromatic rings. The molecule has 0 aromatic carbocycles. The van der Waals surface area contributed by atoms with Crippen LogP contribution in [0, 0.1) is 26.7 Å². The van der Waals surface area contributed by atoms with Crippen molar-refractivity contribution in [2.75, 3.05) is 12.3 Å². The Kier molecular flexibility index (Phi) is 5.85. The maximum atomic E-state index is 4.62. The van der Waals surface area contributed by atoms with Crippen LogP contribution in [0.15, 0.2) is 5.16 Å². The molecule has 1 atom stereocenters. The quantitative estimate of drug-likeness (QED) is 0.641. The molecule has 0 aliphatic heterocycles. The molecule has 1 N–H and O–H groups in total. The highest BCUT2D eigenvalue weighted by atomic mass is 32.2. The van der Waals surface area contributed by atoms with Gasteiger partial charge in [-0.2, -0.15) is 0 Å². The normalized spacial score (nSPS) is 17.6. The van der Waals surface area contributed by atoms with Crippen molar-refractivity contribution in [3.8, 4) is 0 Å². The van der Waals surface area contributed by atoms with Gasteiger partial charge in [0.15, 0.2) is 5.16 Å². The fourth-order valence-electron chi connectivity index (χ4n) is 2.95. The Morgan fingerprint density at radius 3 is 2.30 bits per heavy atom. The molecule has 0 spiro atoms. The zero-order valence-electron chi connectivity index (χ0n) is 13.2. The van der Waals surface area contributed by atoms with Crippen LogP contribution in [0.3, 0.4) is 0 Å². The molecule has 3 nitrogen and oxygen atoms in total. The Labute approximate surface area is 127 Å². The molecule has 112 valence electrons. The van der Waals surface area contributed by atoms with Crippen molar-refractivity contribution in [2.24, 2.45) is 5.92 Å². The van der Waals surface area contributed by atoms with Gasteiger partial charge in [-0.05, 0) is 51.6 Å². The van der Waals surface area contributed by atoms with Gasteiger partial charge in [-0.3, -0.25) is 0 Å². The summed E-state index contributed by atoms with van der Waals surface area (Å²) in [6.45, 7) is 9.50. The van der Waals surface area contributed by atoms with Gasteiger partial charge in [0.2, 0.25) is 0 Å². The van der Waals surface area contributed by atoms with E-state index >= 15 is 0 Å². The highest BCUT2D eigenvalue weighted by molar-refractivity contribution is 7.99. The fourth-order valence-corrected chi connectivity index (χ4v) is 4.08. The summed E-state index contributed by atoms with van der Waals surface area (Å²) in [6.07, 6.45) is 5.56. The van der Waals surface area contributed by atoms with E-state index in [4.69, 9.17) is 0 Å². The minimum Gasteiger partial charge on any atom is -0.313 e. The van der Waals surface area contributed by atoms with E-state index in [2.05, 4.69) is 43.0 Å². The summed E-state index contributed by atoms with van der Waals surface area (Å²) in [5.74, 6) is 1.93. The zero-order chi connectivity index (χ0) is 14.5. The molecule has 1 fully saturated rings. The summed E-state index contributed by atoms with van der Waals surface area (Å²) >= 11 is 1.81. The third-order valence-electron chi connectivity index (χ3n) is 4.44. The van der Waals surface area contributed by atoms with Crippen molar-refractivity contribution in [1.29, 1.82) is 0 Å². The van der Waals surface area contributed by atoms with Crippen molar-refractivity contribution >= 4 is 11.8 Å². The smallest absolute Gasteiger partial charge is 0.188 e. The second kappa shape index (κ2) is 7.41. The van der Waals surface area contributed by atoms with E-state index in [0.717, 1.165) is 34.8 Å². The van der Waals surface area contributed by atoms with Crippen LogP contribution in [0.4, 0.5) is 0 Å². The van der Waals surface area contributed by atoms with E-state index in [1.54, 1.807) is 0 Å². The first kappa shape index (κ1) is 15.8. The van der Waals surface area contributed by atoms with Crippen LogP contribution in [0.2, 0.25) is 0 Å². The van der Waals surface area contributed by atoms with Gasteiger partial charge in [-0.15, -0.1) is 0 Å². The Morgan fingerprint density at radius 2 is 1.75 bits per heavy atom. The van der Waals surface area contributed by atoms with Crippen LogP contribution in [0.5, 0.6) is 0 Å². The van der Waals surface area contributed by atoms with Gasteiger partial charge in [0.25, 0.3) is 0 Å². The molecule has 1 aliphatic carbocycles. The summed E-state index contributed by atoms with van der Waals surface area (Å²) in [6, 6.07) is 0.609. The molecule has 2 rings (SSSR count). The zero-order valence-corrected chi connectivity index (χ0v) is 14.0.